The summed E-state index contributed by atoms with van der Waals surface area (Å²) in [5.41, 5.74) is -0.803. The zero-order valence-corrected chi connectivity index (χ0v) is 11.2. The molecule has 2 saturated heterocycles. The number of nitrogens with zero attached hydrogens (tertiary/aromatic N) is 1. The minimum absolute atomic E-state index is 0.220. The third-order valence-electron chi connectivity index (χ3n) is 6.33. The van der Waals surface area contributed by atoms with Gasteiger partial charge in [-0.3, -0.25) is 9.69 Å². The molecule has 2 aliphatic heterocycles. The van der Waals surface area contributed by atoms with Crippen molar-refractivity contribution in [3.63, 3.8) is 0 Å². The summed E-state index contributed by atoms with van der Waals surface area (Å²) in [6.07, 6.45) is 2.13. The molecule has 100 valence electrons. The largest absolute Gasteiger partial charge is 0.379 e. The Balaban J connectivity index is 1.80. The second-order valence-corrected chi connectivity index (χ2v) is 6.67. The Morgan fingerprint density at radius 3 is 2.61 bits per heavy atom. The van der Waals surface area contributed by atoms with Crippen molar-refractivity contribution in [2.45, 2.75) is 37.8 Å². The molecular formula is C14H21NO3. The standard InChI is InChI=1S/C14H21NO3/c1-12-4-3-10-13(12,2)18-9-14(10,11(12)16)15-5-7-17-8-6-15/h10H,3-9H2,1-2H3/t10-,12-,13+,14-/m1/s1. The van der Waals surface area contributed by atoms with Crippen molar-refractivity contribution in [3.8, 4) is 0 Å². The van der Waals surface area contributed by atoms with Crippen molar-refractivity contribution in [3.05, 3.63) is 0 Å². The van der Waals surface area contributed by atoms with Crippen LogP contribution in [0.15, 0.2) is 0 Å². The molecule has 0 aromatic carbocycles. The molecule has 18 heavy (non-hydrogen) atoms. The summed E-state index contributed by atoms with van der Waals surface area (Å²) in [5, 5.41) is 0. The van der Waals surface area contributed by atoms with Crippen molar-refractivity contribution in [1.82, 2.24) is 4.90 Å². The third kappa shape index (κ3) is 0.928. The summed E-state index contributed by atoms with van der Waals surface area (Å²) < 4.78 is 11.6. The van der Waals surface area contributed by atoms with Gasteiger partial charge >= 0.3 is 0 Å². The van der Waals surface area contributed by atoms with Crippen LogP contribution in [-0.4, -0.2) is 54.7 Å². The van der Waals surface area contributed by atoms with E-state index in [4.69, 9.17) is 9.47 Å². The first-order chi connectivity index (χ1) is 8.56. The summed E-state index contributed by atoms with van der Waals surface area (Å²) in [4.78, 5) is 15.4. The summed E-state index contributed by atoms with van der Waals surface area (Å²) in [6.45, 7) is 8.12. The molecule has 0 unspecified atom stereocenters. The van der Waals surface area contributed by atoms with Gasteiger partial charge in [0.2, 0.25) is 0 Å². The van der Waals surface area contributed by atoms with Crippen LogP contribution in [0.4, 0.5) is 0 Å². The van der Waals surface area contributed by atoms with Gasteiger partial charge in [0, 0.05) is 19.0 Å². The van der Waals surface area contributed by atoms with Gasteiger partial charge in [0.25, 0.3) is 0 Å². The maximum atomic E-state index is 13.0. The van der Waals surface area contributed by atoms with Gasteiger partial charge in [0.15, 0.2) is 5.78 Å². The summed E-state index contributed by atoms with van der Waals surface area (Å²) in [7, 11) is 0. The summed E-state index contributed by atoms with van der Waals surface area (Å²) in [6, 6.07) is 0. The number of morpholine rings is 1. The highest BCUT2D eigenvalue weighted by molar-refractivity contribution is 6.00. The van der Waals surface area contributed by atoms with Crippen LogP contribution in [0.2, 0.25) is 0 Å². The molecule has 4 nitrogen and oxygen atoms in total. The number of hydrogen-bond acceptors (Lipinski definition) is 4. The van der Waals surface area contributed by atoms with Crippen LogP contribution in [0.1, 0.15) is 26.7 Å². The molecule has 0 radical (unpaired) electrons. The molecule has 2 aliphatic carbocycles. The molecular weight excluding hydrogens is 230 g/mol. The van der Waals surface area contributed by atoms with Crippen LogP contribution >= 0.6 is 0 Å². The number of rotatable bonds is 1. The van der Waals surface area contributed by atoms with Crippen LogP contribution in [0.5, 0.6) is 0 Å². The normalized spacial score (nSPS) is 55.4. The van der Waals surface area contributed by atoms with E-state index in [1.165, 1.54) is 0 Å². The molecule has 0 spiro atoms. The summed E-state index contributed by atoms with van der Waals surface area (Å²) >= 11 is 0. The van der Waals surface area contributed by atoms with Gasteiger partial charge in [-0.2, -0.15) is 0 Å². The molecule has 4 aliphatic rings. The topological polar surface area (TPSA) is 38.8 Å². The number of Topliss-reactive ketones (excluding diaryl/α,β-unsaturated/α-hetero) is 1. The minimum Gasteiger partial charge on any atom is -0.379 e. The van der Waals surface area contributed by atoms with Crippen molar-refractivity contribution in [2.75, 3.05) is 32.9 Å². The van der Waals surface area contributed by atoms with Crippen LogP contribution in [0.3, 0.4) is 0 Å². The van der Waals surface area contributed by atoms with Crippen molar-refractivity contribution < 1.29 is 14.3 Å². The smallest absolute Gasteiger partial charge is 0.164 e. The van der Waals surface area contributed by atoms with E-state index >= 15 is 0 Å². The van der Waals surface area contributed by atoms with Crippen molar-refractivity contribution in [2.24, 2.45) is 11.3 Å². The van der Waals surface area contributed by atoms with Crippen LogP contribution in [-0.2, 0) is 14.3 Å². The van der Waals surface area contributed by atoms with Gasteiger partial charge < -0.3 is 9.47 Å². The van der Waals surface area contributed by atoms with Gasteiger partial charge in [-0.15, -0.1) is 0 Å². The minimum atomic E-state index is -0.328. The van der Waals surface area contributed by atoms with Crippen LogP contribution in [0, 0.1) is 11.3 Å². The molecule has 0 aromatic heterocycles. The van der Waals surface area contributed by atoms with E-state index in [0.29, 0.717) is 18.3 Å². The average Bonchev–Trinajstić information content (AvgIpc) is 2.88. The molecule has 0 amide bonds. The van der Waals surface area contributed by atoms with E-state index < -0.39 is 0 Å². The molecule has 0 aromatic rings. The molecule has 4 rings (SSSR count). The van der Waals surface area contributed by atoms with E-state index in [1.54, 1.807) is 0 Å². The first-order valence-electron chi connectivity index (χ1n) is 7.07. The molecule has 4 fully saturated rings. The SMILES string of the molecule is C[C@@]12OC[C@]3(N4CCOCC4)C(=O)[C@@]1(C)CC[C@@H]32. The highest BCUT2D eigenvalue weighted by Crippen LogP contribution is 2.69. The maximum Gasteiger partial charge on any atom is 0.164 e. The number of hydrogen-bond donors (Lipinski definition) is 0. The molecule has 4 atom stereocenters. The lowest BCUT2D eigenvalue weighted by molar-refractivity contribution is -0.163. The van der Waals surface area contributed by atoms with E-state index in [0.717, 1.165) is 39.1 Å². The zero-order chi connectivity index (χ0) is 12.6. The molecule has 0 N–H and O–H groups in total. The van der Waals surface area contributed by atoms with E-state index in [9.17, 15) is 4.79 Å². The third-order valence-corrected chi connectivity index (χ3v) is 6.33. The van der Waals surface area contributed by atoms with Gasteiger partial charge in [-0.1, -0.05) is 0 Å². The number of ether oxygens (including phenoxy) is 2. The lowest BCUT2D eigenvalue weighted by Gasteiger charge is -2.47. The lowest BCUT2D eigenvalue weighted by Crippen LogP contribution is -2.64. The number of carbonyl (C=O) groups is 1. The van der Waals surface area contributed by atoms with Gasteiger partial charge in [-0.25, -0.2) is 0 Å². The van der Waals surface area contributed by atoms with Gasteiger partial charge in [-0.05, 0) is 26.7 Å². The summed E-state index contributed by atoms with van der Waals surface area (Å²) in [5.74, 6) is 0.836. The predicted octanol–water partition coefficient (Wildman–Crippen LogP) is 0.845. The molecule has 4 bridgehead atoms. The van der Waals surface area contributed by atoms with Gasteiger partial charge in [0.05, 0.1) is 30.8 Å². The Hall–Kier alpha value is -0.450. The Morgan fingerprint density at radius 1 is 1.28 bits per heavy atom. The molecule has 2 saturated carbocycles. The highest BCUT2D eigenvalue weighted by atomic mass is 16.5. The van der Waals surface area contributed by atoms with E-state index in [1.807, 2.05) is 0 Å². The highest BCUT2D eigenvalue weighted by Gasteiger charge is 2.81. The van der Waals surface area contributed by atoms with E-state index in [2.05, 4.69) is 18.7 Å². The second-order valence-electron chi connectivity index (χ2n) is 6.67. The van der Waals surface area contributed by atoms with E-state index in [-0.39, 0.29) is 16.6 Å². The predicted molar refractivity (Wildman–Crippen MR) is 65.3 cm³/mol. The quantitative estimate of drug-likeness (QED) is 0.692. The molecule has 2 heterocycles. The Labute approximate surface area is 108 Å². The first kappa shape index (κ1) is 11.4. The maximum absolute atomic E-state index is 13.0. The van der Waals surface area contributed by atoms with Crippen molar-refractivity contribution in [1.29, 1.82) is 0 Å². The monoisotopic (exact) mass is 251 g/mol. The number of ketones is 1. The lowest BCUT2D eigenvalue weighted by atomic mass is 9.72. The Bertz CT molecular complexity index is 419. The Morgan fingerprint density at radius 2 is 2.00 bits per heavy atom. The second kappa shape index (κ2) is 3.17. The van der Waals surface area contributed by atoms with Crippen molar-refractivity contribution >= 4 is 5.78 Å². The number of carbonyl (C=O) groups excluding carboxylic acids is 1. The Kier molecular flexibility index (Phi) is 2.00. The fraction of sp³-hybridized carbons (Fsp3) is 0.929. The fourth-order valence-corrected chi connectivity index (χ4v) is 5.11. The van der Waals surface area contributed by atoms with Crippen LogP contribution < -0.4 is 0 Å². The zero-order valence-electron chi connectivity index (χ0n) is 11.2. The first-order valence-corrected chi connectivity index (χ1v) is 7.07. The fourth-order valence-electron chi connectivity index (χ4n) is 5.11. The molecule has 4 heteroatoms. The van der Waals surface area contributed by atoms with Gasteiger partial charge in [0.1, 0.15) is 5.54 Å². The average molecular weight is 251 g/mol. The van der Waals surface area contributed by atoms with Crippen LogP contribution in [0.25, 0.3) is 0 Å².